The average Bonchev–Trinajstić information content (AvgIpc) is 2.84. The third-order valence-corrected chi connectivity index (χ3v) is 5.93. The van der Waals surface area contributed by atoms with Gasteiger partial charge in [-0.1, -0.05) is 60.7 Å². The number of hydrogen-bond donors (Lipinski definition) is 0. The molecule has 1 saturated heterocycles. The van der Waals surface area contributed by atoms with E-state index in [9.17, 15) is 0 Å². The summed E-state index contributed by atoms with van der Waals surface area (Å²) in [4.78, 5) is 5.11. The van der Waals surface area contributed by atoms with E-state index in [1.165, 1.54) is 11.1 Å². The van der Waals surface area contributed by atoms with Crippen molar-refractivity contribution < 1.29 is 9.47 Å². The molecular weight excluding hydrogens is 384 g/mol. The Hall–Kier alpha value is -2.82. The Kier molecular flexibility index (Phi) is 7.59. The van der Waals surface area contributed by atoms with E-state index in [1.807, 2.05) is 42.5 Å². The van der Waals surface area contributed by atoms with Crippen LogP contribution in [0.1, 0.15) is 23.7 Å². The molecule has 0 amide bonds. The number of para-hydroxylation sites is 1. The minimum Gasteiger partial charge on any atom is -0.497 e. The van der Waals surface area contributed by atoms with Crippen molar-refractivity contribution in [3.63, 3.8) is 0 Å². The van der Waals surface area contributed by atoms with E-state index in [0.717, 1.165) is 57.2 Å². The van der Waals surface area contributed by atoms with Crippen LogP contribution >= 0.6 is 0 Å². The SMILES string of the molecule is COc1ccc(C(CCN2CCN(Cc3ccccc3)CC2)Oc2ccccc2)cc1. The molecule has 162 valence electrons. The lowest BCUT2D eigenvalue weighted by atomic mass is 10.1. The summed E-state index contributed by atoms with van der Waals surface area (Å²) in [5.74, 6) is 1.78. The Balaban J connectivity index is 1.32. The van der Waals surface area contributed by atoms with Crippen molar-refractivity contribution in [2.75, 3.05) is 39.8 Å². The van der Waals surface area contributed by atoms with Gasteiger partial charge in [0.15, 0.2) is 0 Å². The van der Waals surface area contributed by atoms with E-state index >= 15 is 0 Å². The summed E-state index contributed by atoms with van der Waals surface area (Å²) < 4.78 is 11.7. The molecule has 1 aliphatic rings. The summed E-state index contributed by atoms with van der Waals surface area (Å²) >= 11 is 0. The molecular formula is C27H32N2O2. The van der Waals surface area contributed by atoms with Crippen molar-refractivity contribution in [3.8, 4) is 11.5 Å². The molecule has 0 spiro atoms. The lowest BCUT2D eigenvalue weighted by molar-refractivity contribution is 0.107. The molecule has 1 unspecified atom stereocenters. The van der Waals surface area contributed by atoms with Gasteiger partial charge in [-0.25, -0.2) is 0 Å². The number of benzene rings is 3. The predicted octanol–water partition coefficient (Wildman–Crippen LogP) is 5.02. The Morgan fingerprint density at radius 2 is 1.32 bits per heavy atom. The first-order valence-corrected chi connectivity index (χ1v) is 11.1. The topological polar surface area (TPSA) is 24.9 Å². The van der Waals surface area contributed by atoms with Crippen LogP contribution in [0.25, 0.3) is 0 Å². The van der Waals surface area contributed by atoms with Gasteiger partial charge in [0.25, 0.3) is 0 Å². The van der Waals surface area contributed by atoms with Crippen molar-refractivity contribution in [1.82, 2.24) is 9.80 Å². The van der Waals surface area contributed by atoms with Crippen LogP contribution in [0.15, 0.2) is 84.9 Å². The lowest BCUT2D eigenvalue weighted by Gasteiger charge is -2.35. The van der Waals surface area contributed by atoms with Crippen LogP contribution in [0.4, 0.5) is 0 Å². The molecule has 0 aromatic heterocycles. The van der Waals surface area contributed by atoms with Crippen molar-refractivity contribution >= 4 is 0 Å². The van der Waals surface area contributed by atoms with E-state index < -0.39 is 0 Å². The van der Waals surface area contributed by atoms with Crippen LogP contribution < -0.4 is 9.47 Å². The fraction of sp³-hybridized carbons (Fsp3) is 0.333. The molecule has 4 nitrogen and oxygen atoms in total. The van der Waals surface area contributed by atoms with Gasteiger partial charge in [0.05, 0.1) is 7.11 Å². The summed E-state index contributed by atoms with van der Waals surface area (Å²) in [5.41, 5.74) is 2.58. The Labute approximate surface area is 186 Å². The zero-order valence-corrected chi connectivity index (χ0v) is 18.3. The molecule has 0 aliphatic carbocycles. The second-order valence-corrected chi connectivity index (χ2v) is 8.08. The molecule has 4 rings (SSSR count). The van der Waals surface area contributed by atoms with Gasteiger partial charge in [0.1, 0.15) is 17.6 Å². The van der Waals surface area contributed by atoms with Gasteiger partial charge in [0.2, 0.25) is 0 Å². The summed E-state index contributed by atoms with van der Waals surface area (Å²) in [6.45, 7) is 6.51. The maximum absolute atomic E-state index is 6.39. The summed E-state index contributed by atoms with van der Waals surface area (Å²) in [7, 11) is 1.70. The third kappa shape index (κ3) is 6.33. The fourth-order valence-corrected chi connectivity index (χ4v) is 4.09. The zero-order valence-electron chi connectivity index (χ0n) is 18.3. The van der Waals surface area contributed by atoms with Crippen molar-refractivity contribution in [2.45, 2.75) is 19.1 Å². The number of methoxy groups -OCH3 is 1. The van der Waals surface area contributed by atoms with E-state index in [4.69, 9.17) is 9.47 Å². The van der Waals surface area contributed by atoms with Gasteiger partial charge in [-0.2, -0.15) is 0 Å². The first-order valence-electron chi connectivity index (χ1n) is 11.1. The molecule has 1 aliphatic heterocycles. The number of nitrogens with zero attached hydrogens (tertiary/aromatic N) is 2. The lowest BCUT2D eigenvalue weighted by Crippen LogP contribution is -2.46. The van der Waals surface area contributed by atoms with Crippen molar-refractivity contribution in [3.05, 3.63) is 96.1 Å². The van der Waals surface area contributed by atoms with E-state index in [-0.39, 0.29) is 6.10 Å². The van der Waals surface area contributed by atoms with Gasteiger partial charge in [0, 0.05) is 45.7 Å². The minimum absolute atomic E-state index is 0.0238. The summed E-state index contributed by atoms with van der Waals surface area (Å²) in [5, 5.41) is 0. The molecule has 1 heterocycles. The normalized spacial score (nSPS) is 16.0. The van der Waals surface area contributed by atoms with Crippen LogP contribution in [0.3, 0.4) is 0 Å². The smallest absolute Gasteiger partial charge is 0.125 e. The number of hydrogen-bond acceptors (Lipinski definition) is 4. The highest BCUT2D eigenvalue weighted by Crippen LogP contribution is 2.27. The molecule has 4 heteroatoms. The van der Waals surface area contributed by atoms with E-state index in [2.05, 4.69) is 52.3 Å². The number of rotatable bonds is 9. The van der Waals surface area contributed by atoms with E-state index in [1.54, 1.807) is 7.11 Å². The van der Waals surface area contributed by atoms with Crippen LogP contribution in [-0.2, 0) is 6.54 Å². The van der Waals surface area contributed by atoms with Crippen LogP contribution in [0.5, 0.6) is 11.5 Å². The Morgan fingerprint density at radius 1 is 0.710 bits per heavy atom. The first kappa shape index (κ1) is 21.4. The predicted molar refractivity (Wildman–Crippen MR) is 126 cm³/mol. The number of piperazine rings is 1. The number of ether oxygens (including phenoxy) is 2. The maximum atomic E-state index is 6.39. The third-order valence-electron chi connectivity index (χ3n) is 5.93. The molecule has 1 atom stereocenters. The van der Waals surface area contributed by atoms with Crippen molar-refractivity contribution in [1.29, 1.82) is 0 Å². The highest BCUT2D eigenvalue weighted by molar-refractivity contribution is 5.30. The molecule has 1 fully saturated rings. The van der Waals surface area contributed by atoms with Crippen molar-refractivity contribution in [2.24, 2.45) is 0 Å². The van der Waals surface area contributed by atoms with Gasteiger partial charge < -0.3 is 14.4 Å². The quantitative estimate of drug-likeness (QED) is 0.489. The molecule has 0 bridgehead atoms. The average molecular weight is 417 g/mol. The van der Waals surface area contributed by atoms with Crippen LogP contribution in [-0.4, -0.2) is 49.6 Å². The Morgan fingerprint density at radius 3 is 1.97 bits per heavy atom. The zero-order chi connectivity index (χ0) is 21.3. The molecule has 0 saturated carbocycles. The fourth-order valence-electron chi connectivity index (χ4n) is 4.09. The van der Waals surface area contributed by atoms with Gasteiger partial charge in [-0.05, 0) is 35.4 Å². The molecule has 0 N–H and O–H groups in total. The first-order chi connectivity index (χ1) is 15.3. The van der Waals surface area contributed by atoms with E-state index in [0.29, 0.717) is 0 Å². The Bertz CT molecular complexity index is 892. The molecule has 3 aromatic rings. The van der Waals surface area contributed by atoms with Gasteiger partial charge in [-0.15, -0.1) is 0 Å². The summed E-state index contributed by atoms with van der Waals surface area (Å²) in [6, 6.07) is 29.1. The monoisotopic (exact) mass is 416 g/mol. The second kappa shape index (κ2) is 11.0. The minimum atomic E-state index is 0.0238. The highest BCUT2D eigenvalue weighted by atomic mass is 16.5. The largest absolute Gasteiger partial charge is 0.497 e. The molecule has 3 aromatic carbocycles. The second-order valence-electron chi connectivity index (χ2n) is 8.08. The van der Waals surface area contributed by atoms with Gasteiger partial charge in [-0.3, -0.25) is 4.90 Å². The molecule has 31 heavy (non-hydrogen) atoms. The summed E-state index contributed by atoms with van der Waals surface area (Å²) in [6.07, 6.45) is 0.982. The van der Waals surface area contributed by atoms with Gasteiger partial charge >= 0.3 is 0 Å². The molecule has 0 radical (unpaired) electrons. The van der Waals surface area contributed by atoms with Crippen LogP contribution in [0.2, 0.25) is 0 Å². The standard InChI is InChI=1S/C27H32N2O2/c1-30-25-14-12-24(13-15-25)27(31-26-10-6-3-7-11-26)16-17-28-18-20-29(21-19-28)22-23-8-4-2-5-9-23/h2-15,27H,16-22H2,1H3. The van der Waals surface area contributed by atoms with Crippen LogP contribution in [0, 0.1) is 0 Å². The maximum Gasteiger partial charge on any atom is 0.125 e. The highest BCUT2D eigenvalue weighted by Gasteiger charge is 2.20.